The topological polar surface area (TPSA) is 65.8 Å². The van der Waals surface area contributed by atoms with Gasteiger partial charge < -0.3 is 19.5 Å². The maximum Gasteiger partial charge on any atom is 0.341 e. The predicted octanol–water partition coefficient (Wildman–Crippen LogP) is 7.00. The fourth-order valence-corrected chi connectivity index (χ4v) is 3.23. The number of benzene rings is 1. The zero-order valence-corrected chi connectivity index (χ0v) is 24.3. The van der Waals surface area contributed by atoms with Gasteiger partial charge in [0.25, 0.3) is 0 Å². The van der Waals surface area contributed by atoms with Gasteiger partial charge in [-0.2, -0.15) is 0 Å². The molecule has 0 atom stereocenters. The summed E-state index contributed by atoms with van der Waals surface area (Å²) in [5.74, 6) is -1.83. The molecule has 2 aromatic rings. The number of hydrogen-bond donors (Lipinski definition) is 1. The number of rotatable bonds is 8. The summed E-state index contributed by atoms with van der Waals surface area (Å²) < 4.78 is 16.5. The molecule has 6 nitrogen and oxygen atoms in total. The van der Waals surface area contributed by atoms with Crippen molar-refractivity contribution in [3.05, 3.63) is 64.2 Å². The van der Waals surface area contributed by atoms with Gasteiger partial charge in [0, 0.05) is 37.3 Å². The third-order valence-corrected chi connectivity index (χ3v) is 4.88. The normalized spacial score (nSPS) is 10.3. The second-order valence-electron chi connectivity index (χ2n) is 8.23. The molecule has 0 aliphatic rings. The predicted molar refractivity (Wildman–Crippen MR) is 154 cm³/mol. The Labute approximate surface area is 217 Å². The number of aromatic nitrogens is 1. The average molecular weight is 506 g/mol. The molecule has 0 aliphatic heterocycles. The highest BCUT2D eigenvalue weighted by Gasteiger charge is 2.19. The van der Waals surface area contributed by atoms with Crippen molar-refractivity contribution in [1.29, 1.82) is 0 Å². The number of fused-ring (bicyclic) bond motifs is 1. The highest BCUT2D eigenvalue weighted by molar-refractivity contribution is 5.93. The molecule has 1 aromatic heterocycles. The number of anilines is 1. The van der Waals surface area contributed by atoms with E-state index in [2.05, 4.69) is 6.58 Å². The quantitative estimate of drug-likeness (QED) is 0.391. The lowest BCUT2D eigenvalue weighted by Gasteiger charge is -2.26. The fourth-order valence-electron chi connectivity index (χ4n) is 3.23. The van der Waals surface area contributed by atoms with Gasteiger partial charge in [-0.15, -0.1) is 0 Å². The minimum Gasteiger partial charge on any atom is -0.477 e. The summed E-state index contributed by atoms with van der Waals surface area (Å²) in [7, 11) is 3.91. The van der Waals surface area contributed by atoms with Gasteiger partial charge in [-0.25, -0.2) is 9.18 Å². The first kappa shape index (κ1) is 35.2. The molecule has 0 saturated heterocycles. The lowest BCUT2D eigenvalue weighted by Crippen LogP contribution is -2.32. The van der Waals surface area contributed by atoms with Crippen molar-refractivity contribution in [3.8, 4) is 0 Å². The number of halogens is 1. The number of carboxylic acids is 1. The molecular formula is C29H48FN3O3. The van der Waals surface area contributed by atoms with E-state index in [9.17, 15) is 19.1 Å². The van der Waals surface area contributed by atoms with E-state index in [-0.39, 0.29) is 17.0 Å². The number of likely N-dealkylation sites (N-methyl/N-ethyl adjacent to an activating group) is 2. The Bertz CT molecular complexity index is 1040. The van der Waals surface area contributed by atoms with Crippen LogP contribution in [0.1, 0.15) is 78.7 Å². The Morgan fingerprint density at radius 1 is 1.17 bits per heavy atom. The molecule has 0 spiro atoms. The van der Waals surface area contributed by atoms with Crippen molar-refractivity contribution in [2.45, 2.75) is 68.4 Å². The molecule has 2 rings (SSSR count). The SMILES string of the molecule is C=C(C)/C=C\C.CC.CC.CCN(CCN(C)C)c1cc2c(cc1F)c(=O)c(C(=O)O)cn2C(C)C. The van der Waals surface area contributed by atoms with Gasteiger partial charge in [-0.05, 0) is 60.8 Å². The zero-order valence-electron chi connectivity index (χ0n) is 24.3. The van der Waals surface area contributed by atoms with E-state index >= 15 is 0 Å². The van der Waals surface area contributed by atoms with Gasteiger partial charge in [0.15, 0.2) is 0 Å². The Balaban J connectivity index is 0. The second-order valence-corrected chi connectivity index (χ2v) is 8.23. The molecule has 1 heterocycles. The van der Waals surface area contributed by atoms with Crippen LogP contribution in [0.4, 0.5) is 10.1 Å². The molecule has 0 saturated carbocycles. The van der Waals surface area contributed by atoms with Crippen molar-refractivity contribution in [3.63, 3.8) is 0 Å². The van der Waals surface area contributed by atoms with Crippen molar-refractivity contribution in [2.24, 2.45) is 0 Å². The monoisotopic (exact) mass is 505 g/mol. The van der Waals surface area contributed by atoms with Crippen LogP contribution in [-0.4, -0.2) is 54.3 Å². The van der Waals surface area contributed by atoms with E-state index in [1.165, 1.54) is 6.20 Å². The average Bonchev–Trinajstić information content (AvgIpc) is 2.82. The summed E-state index contributed by atoms with van der Waals surface area (Å²) in [5, 5.41) is 9.37. The molecule has 36 heavy (non-hydrogen) atoms. The molecule has 204 valence electrons. The number of aromatic carboxylic acids is 1. The first-order valence-corrected chi connectivity index (χ1v) is 12.7. The first-order valence-electron chi connectivity index (χ1n) is 12.7. The van der Waals surface area contributed by atoms with E-state index in [1.807, 2.05) is 98.4 Å². The Kier molecular flexibility index (Phi) is 18.0. The molecule has 1 aromatic carbocycles. The van der Waals surface area contributed by atoms with Crippen LogP contribution in [0.25, 0.3) is 10.9 Å². The van der Waals surface area contributed by atoms with Crippen LogP contribution >= 0.6 is 0 Å². The largest absolute Gasteiger partial charge is 0.477 e. The van der Waals surface area contributed by atoms with E-state index < -0.39 is 17.2 Å². The zero-order chi connectivity index (χ0) is 28.6. The molecule has 0 fully saturated rings. The number of hydrogen-bond acceptors (Lipinski definition) is 4. The third kappa shape index (κ3) is 10.8. The number of carboxylic acid groups (broad SMARTS) is 1. The van der Waals surface area contributed by atoms with Crippen LogP contribution in [-0.2, 0) is 0 Å². The van der Waals surface area contributed by atoms with Crippen LogP contribution in [0.3, 0.4) is 0 Å². The Morgan fingerprint density at radius 2 is 1.72 bits per heavy atom. The lowest BCUT2D eigenvalue weighted by molar-refractivity contribution is 0.0694. The second kappa shape index (κ2) is 18.4. The van der Waals surface area contributed by atoms with Crippen LogP contribution in [0, 0.1) is 5.82 Å². The fraction of sp³-hybridized carbons (Fsp3) is 0.517. The van der Waals surface area contributed by atoms with Crippen molar-refractivity contribution < 1.29 is 14.3 Å². The van der Waals surface area contributed by atoms with Crippen LogP contribution in [0.15, 0.2) is 47.4 Å². The van der Waals surface area contributed by atoms with Crippen molar-refractivity contribution in [2.75, 3.05) is 38.6 Å². The highest BCUT2D eigenvalue weighted by Crippen LogP contribution is 2.27. The number of allylic oxidation sites excluding steroid dienone is 3. The van der Waals surface area contributed by atoms with E-state index in [0.717, 1.165) is 18.2 Å². The number of pyridine rings is 1. The van der Waals surface area contributed by atoms with Gasteiger partial charge in [-0.1, -0.05) is 52.0 Å². The molecule has 0 aliphatic carbocycles. The van der Waals surface area contributed by atoms with Crippen LogP contribution in [0.5, 0.6) is 0 Å². The maximum absolute atomic E-state index is 14.8. The molecule has 0 radical (unpaired) electrons. The van der Waals surface area contributed by atoms with E-state index in [0.29, 0.717) is 24.3 Å². The van der Waals surface area contributed by atoms with Crippen LogP contribution in [0.2, 0.25) is 0 Å². The molecule has 0 amide bonds. The summed E-state index contributed by atoms with van der Waals surface area (Å²) >= 11 is 0. The van der Waals surface area contributed by atoms with E-state index in [4.69, 9.17) is 0 Å². The van der Waals surface area contributed by atoms with Crippen LogP contribution < -0.4 is 10.3 Å². The Morgan fingerprint density at radius 3 is 2.08 bits per heavy atom. The molecule has 0 unspecified atom stereocenters. The molecular weight excluding hydrogens is 457 g/mol. The number of nitrogens with zero attached hydrogens (tertiary/aromatic N) is 3. The summed E-state index contributed by atoms with van der Waals surface area (Å²) in [6.07, 6.45) is 5.29. The minimum atomic E-state index is -1.31. The number of carbonyl (C=O) groups is 1. The summed E-state index contributed by atoms with van der Waals surface area (Å²) in [4.78, 5) is 27.8. The molecule has 7 heteroatoms. The van der Waals surface area contributed by atoms with Crippen molar-refractivity contribution >= 4 is 22.6 Å². The van der Waals surface area contributed by atoms with Gasteiger partial charge >= 0.3 is 5.97 Å². The first-order chi connectivity index (χ1) is 16.9. The smallest absolute Gasteiger partial charge is 0.341 e. The summed E-state index contributed by atoms with van der Waals surface area (Å²) in [6.45, 7) is 23.4. The summed E-state index contributed by atoms with van der Waals surface area (Å²) in [6, 6.07) is 2.74. The van der Waals surface area contributed by atoms with E-state index in [1.54, 1.807) is 10.6 Å². The summed E-state index contributed by atoms with van der Waals surface area (Å²) in [5.41, 5.74) is 1.05. The van der Waals surface area contributed by atoms with Gasteiger partial charge in [0.05, 0.1) is 11.2 Å². The minimum absolute atomic E-state index is 0.0774. The molecule has 1 N–H and O–H groups in total. The van der Waals surface area contributed by atoms with Gasteiger partial charge in [-0.3, -0.25) is 4.79 Å². The van der Waals surface area contributed by atoms with Crippen molar-refractivity contribution in [1.82, 2.24) is 9.47 Å². The maximum atomic E-state index is 14.8. The van der Waals surface area contributed by atoms with Gasteiger partial charge in [0.2, 0.25) is 5.43 Å². The standard InChI is InChI=1S/C19H26FN3O3.C6H10.2C2H6/c1-6-22(8-7-21(4)5)17-10-16-13(9-15(17)20)18(24)14(19(25)26)11-23(16)12(2)3;1-4-5-6(2)3;2*1-2/h9-12H,6-8H2,1-5H3,(H,25,26);4-5H,2H2,1,3H3;2*1-2H3/b;5-4-;;. The lowest BCUT2D eigenvalue weighted by atomic mass is 10.1. The Hall–Kier alpha value is -2.93. The highest BCUT2D eigenvalue weighted by atomic mass is 19.1. The molecule has 0 bridgehead atoms. The van der Waals surface area contributed by atoms with Gasteiger partial charge in [0.1, 0.15) is 11.4 Å². The third-order valence-electron chi connectivity index (χ3n) is 4.88.